The Morgan fingerprint density at radius 3 is 1.31 bits per heavy atom. The molecule has 0 unspecified atom stereocenters. The molecular weight excluding hydrogens is 348 g/mol. The molecule has 0 bridgehead atoms. The number of hydrogen-bond acceptors (Lipinski definition) is 0. The van der Waals surface area contributed by atoms with Gasteiger partial charge < -0.3 is 0 Å². The topological polar surface area (TPSA) is 0 Å². The molecule has 0 heteroatoms. The van der Waals surface area contributed by atoms with Crippen molar-refractivity contribution in [1.29, 1.82) is 0 Å². The van der Waals surface area contributed by atoms with Gasteiger partial charge >= 0.3 is 0 Å². The van der Waals surface area contributed by atoms with E-state index < -0.39 is 0 Å². The Kier molecular flexibility index (Phi) is 6.17. The van der Waals surface area contributed by atoms with Crippen LogP contribution >= 0.6 is 0 Å². The van der Waals surface area contributed by atoms with E-state index in [9.17, 15) is 0 Å². The molecule has 0 N–H and O–H groups in total. The van der Waals surface area contributed by atoms with Gasteiger partial charge in [-0.1, -0.05) is 97.6 Å². The van der Waals surface area contributed by atoms with Crippen molar-refractivity contribution in [2.45, 2.75) is 92.4 Å². The van der Waals surface area contributed by atoms with E-state index in [1.807, 2.05) is 0 Å². The van der Waals surface area contributed by atoms with Crippen molar-refractivity contribution in [3.63, 3.8) is 0 Å². The fraction of sp³-hybridized carbons (Fsp3) is 0.517. The standard InChI is InChI=1S/C29H40/c1-26(2,3)17-16-21-12-14-22(15-13-21)29(10,11)25-19-23(27(4,5)6)18-24(20-25)28(7,8)9/h12-15,18-20H,1-11H3. The van der Waals surface area contributed by atoms with E-state index in [1.165, 1.54) is 22.3 Å². The van der Waals surface area contributed by atoms with Crippen LogP contribution in [0.3, 0.4) is 0 Å². The third-order valence-electron chi connectivity index (χ3n) is 5.58. The number of hydrogen-bond donors (Lipinski definition) is 0. The molecule has 0 aliphatic rings. The van der Waals surface area contributed by atoms with Crippen molar-refractivity contribution in [2.24, 2.45) is 5.41 Å². The Morgan fingerprint density at radius 2 is 0.931 bits per heavy atom. The van der Waals surface area contributed by atoms with Gasteiger partial charge in [0.15, 0.2) is 0 Å². The molecule has 0 saturated carbocycles. The van der Waals surface area contributed by atoms with E-state index in [2.05, 4.69) is 130 Å². The van der Waals surface area contributed by atoms with Gasteiger partial charge in [-0.05, 0) is 66.0 Å². The average Bonchev–Trinajstić information content (AvgIpc) is 2.58. The van der Waals surface area contributed by atoms with Crippen molar-refractivity contribution < 1.29 is 0 Å². The van der Waals surface area contributed by atoms with E-state index in [-0.39, 0.29) is 21.7 Å². The third-order valence-corrected chi connectivity index (χ3v) is 5.58. The first kappa shape index (κ1) is 23.3. The highest BCUT2D eigenvalue weighted by Gasteiger charge is 2.28. The Bertz CT molecular complexity index is 873. The van der Waals surface area contributed by atoms with Crippen molar-refractivity contribution in [1.82, 2.24) is 0 Å². The van der Waals surface area contributed by atoms with Crippen LogP contribution in [0.5, 0.6) is 0 Å². The molecule has 29 heavy (non-hydrogen) atoms. The molecule has 156 valence electrons. The summed E-state index contributed by atoms with van der Waals surface area (Å²) < 4.78 is 0. The van der Waals surface area contributed by atoms with Gasteiger partial charge in [-0.3, -0.25) is 0 Å². The van der Waals surface area contributed by atoms with Crippen molar-refractivity contribution in [3.8, 4) is 11.8 Å². The molecule has 2 rings (SSSR count). The first-order valence-corrected chi connectivity index (χ1v) is 10.8. The maximum atomic E-state index is 3.33. The largest absolute Gasteiger partial charge is 0.0920 e. The molecule has 0 aliphatic heterocycles. The SMILES string of the molecule is CC(C)(C)C#Cc1ccc(C(C)(C)c2cc(C(C)(C)C)cc(C(C)(C)C)c2)cc1. The molecule has 0 heterocycles. The highest BCUT2D eigenvalue weighted by Crippen LogP contribution is 2.37. The summed E-state index contributed by atoms with van der Waals surface area (Å²) in [5.41, 5.74) is 6.79. The summed E-state index contributed by atoms with van der Waals surface area (Å²) in [5.74, 6) is 6.64. The van der Waals surface area contributed by atoms with Crippen LogP contribution in [0.15, 0.2) is 42.5 Å². The van der Waals surface area contributed by atoms with Gasteiger partial charge in [-0.25, -0.2) is 0 Å². The summed E-state index contributed by atoms with van der Waals surface area (Å²) >= 11 is 0. The lowest BCUT2D eigenvalue weighted by Crippen LogP contribution is -2.23. The van der Waals surface area contributed by atoms with Gasteiger partial charge in [0, 0.05) is 16.4 Å². The second kappa shape index (κ2) is 7.68. The maximum Gasteiger partial charge on any atom is 0.0245 e. The Hall–Kier alpha value is -2.00. The average molecular weight is 389 g/mol. The maximum absolute atomic E-state index is 3.33. The van der Waals surface area contributed by atoms with Crippen LogP contribution in [0.2, 0.25) is 0 Å². The first-order valence-electron chi connectivity index (χ1n) is 10.8. The van der Waals surface area contributed by atoms with Crippen LogP contribution in [0, 0.1) is 17.3 Å². The van der Waals surface area contributed by atoms with Crippen molar-refractivity contribution >= 4 is 0 Å². The quantitative estimate of drug-likeness (QED) is 0.457. The second-order valence-electron chi connectivity index (χ2n) is 12.0. The molecule has 0 atom stereocenters. The Morgan fingerprint density at radius 1 is 0.517 bits per heavy atom. The lowest BCUT2D eigenvalue weighted by atomic mass is 9.72. The van der Waals surface area contributed by atoms with E-state index in [0.29, 0.717) is 0 Å². The molecule has 2 aromatic rings. The minimum Gasteiger partial charge on any atom is -0.0920 e. The van der Waals surface area contributed by atoms with Gasteiger partial charge in [0.05, 0.1) is 0 Å². The molecule has 0 amide bonds. The van der Waals surface area contributed by atoms with Gasteiger partial charge in [-0.2, -0.15) is 0 Å². The highest BCUT2D eigenvalue weighted by atomic mass is 14.3. The zero-order valence-corrected chi connectivity index (χ0v) is 20.5. The van der Waals surface area contributed by atoms with E-state index in [1.54, 1.807) is 0 Å². The summed E-state index contributed by atoms with van der Waals surface area (Å²) in [7, 11) is 0. The summed E-state index contributed by atoms with van der Waals surface area (Å²) in [4.78, 5) is 0. The zero-order valence-electron chi connectivity index (χ0n) is 20.5. The first-order chi connectivity index (χ1) is 13.0. The minimum atomic E-state index is -0.0722. The predicted octanol–water partition coefficient (Wildman–Crippen LogP) is 8.01. The predicted molar refractivity (Wildman–Crippen MR) is 129 cm³/mol. The third kappa shape index (κ3) is 5.99. The van der Waals surface area contributed by atoms with E-state index >= 15 is 0 Å². The van der Waals surface area contributed by atoms with Gasteiger partial charge in [0.2, 0.25) is 0 Å². The smallest absolute Gasteiger partial charge is 0.0245 e. The fourth-order valence-corrected chi connectivity index (χ4v) is 3.25. The second-order valence-corrected chi connectivity index (χ2v) is 12.0. The van der Waals surface area contributed by atoms with Crippen molar-refractivity contribution in [2.75, 3.05) is 0 Å². The fourth-order valence-electron chi connectivity index (χ4n) is 3.25. The molecule has 0 fully saturated rings. The molecule has 0 saturated heterocycles. The van der Waals surface area contributed by atoms with Gasteiger partial charge in [-0.15, -0.1) is 0 Å². The minimum absolute atomic E-state index is 0.0225. The Labute approximate surface area is 180 Å². The molecular formula is C29H40. The van der Waals surface area contributed by atoms with Crippen LogP contribution in [0.4, 0.5) is 0 Å². The summed E-state index contributed by atoms with van der Waals surface area (Å²) in [6.45, 7) is 24.9. The number of rotatable bonds is 2. The lowest BCUT2D eigenvalue weighted by Gasteiger charge is -2.32. The monoisotopic (exact) mass is 388 g/mol. The van der Waals surface area contributed by atoms with E-state index in [4.69, 9.17) is 0 Å². The highest BCUT2D eigenvalue weighted by molar-refractivity contribution is 5.47. The van der Waals surface area contributed by atoms with Crippen LogP contribution in [-0.2, 0) is 16.2 Å². The molecule has 0 radical (unpaired) electrons. The van der Waals surface area contributed by atoms with Crippen LogP contribution in [0.1, 0.15) is 104 Å². The zero-order chi connectivity index (χ0) is 22.3. The van der Waals surface area contributed by atoms with Crippen LogP contribution < -0.4 is 0 Å². The van der Waals surface area contributed by atoms with Crippen molar-refractivity contribution in [3.05, 3.63) is 70.3 Å². The Balaban J connectivity index is 2.53. The summed E-state index contributed by atoms with van der Waals surface area (Å²) in [5, 5.41) is 0. The normalized spacial score (nSPS) is 13.1. The summed E-state index contributed by atoms with van der Waals surface area (Å²) in [6.07, 6.45) is 0. The van der Waals surface area contributed by atoms with Gasteiger partial charge in [0.25, 0.3) is 0 Å². The summed E-state index contributed by atoms with van der Waals surface area (Å²) in [6, 6.07) is 16.0. The molecule has 0 nitrogen and oxygen atoms in total. The lowest BCUT2D eigenvalue weighted by molar-refractivity contribution is 0.558. The molecule has 0 spiro atoms. The number of benzene rings is 2. The van der Waals surface area contributed by atoms with Gasteiger partial charge in [0.1, 0.15) is 0 Å². The van der Waals surface area contributed by atoms with Crippen LogP contribution in [-0.4, -0.2) is 0 Å². The van der Waals surface area contributed by atoms with E-state index in [0.717, 1.165) is 5.56 Å². The molecule has 0 aliphatic carbocycles. The van der Waals surface area contributed by atoms with Crippen LogP contribution in [0.25, 0.3) is 0 Å². The molecule has 0 aromatic heterocycles. The molecule has 2 aromatic carbocycles.